The second-order valence-corrected chi connectivity index (χ2v) is 6.92. The number of H-pyrrole nitrogens is 1. The lowest BCUT2D eigenvalue weighted by Gasteiger charge is -2.22. The molecule has 2 rings (SSSR count). The van der Waals surface area contributed by atoms with Gasteiger partial charge in [0.1, 0.15) is 6.61 Å². The molecule has 0 saturated carbocycles. The van der Waals surface area contributed by atoms with Crippen LogP contribution < -0.4 is 5.32 Å². The molecule has 0 unspecified atom stereocenters. The average molecular weight is 391 g/mol. The molecule has 0 saturated heterocycles. The van der Waals surface area contributed by atoms with Gasteiger partial charge >= 0.3 is 12.1 Å². The van der Waals surface area contributed by atoms with Gasteiger partial charge < -0.3 is 20.3 Å². The third-order valence-electron chi connectivity index (χ3n) is 3.71. The number of aromatic nitrogens is 2. The number of carboxylic acids is 1. The quantitative estimate of drug-likeness (QED) is 0.575. The van der Waals surface area contributed by atoms with Crippen molar-refractivity contribution in [3.05, 3.63) is 53.3 Å². The Morgan fingerprint density at radius 3 is 2.29 bits per heavy atom. The van der Waals surface area contributed by atoms with Crippen molar-refractivity contribution in [3.63, 3.8) is 0 Å². The molecule has 4 N–H and O–H groups in total. The first kappa shape index (κ1) is 23.2. The molecular formula is C20H29N3O5. The first-order valence-electron chi connectivity index (χ1n) is 9.05. The van der Waals surface area contributed by atoms with Gasteiger partial charge in [0, 0.05) is 5.69 Å². The van der Waals surface area contributed by atoms with Crippen LogP contribution in [0.3, 0.4) is 0 Å². The van der Waals surface area contributed by atoms with Crippen molar-refractivity contribution in [1.29, 1.82) is 0 Å². The fraction of sp³-hybridized carbons (Fsp3) is 0.450. The summed E-state index contributed by atoms with van der Waals surface area (Å²) >= 11 is 0. The minimum Gasteiger partial charge on any atom is -0.479 e. The fourth-order valence-electron chi connectivity index (χ4n) is 2.42. The smallest absolute Gasteiger partial charge is 0.407 e. The molecule has 0 aliphatic rings. The van der Waals surface area contributed by atoms with Crippen LogP contribution in [0.1, 0.15) is 37.2 Å². The maximum Gasteiger partial charge on any atom is 0.407 e. The van der Waals surface area contributed by atoms with Crippen molar-refractivity contribution < 1.29 is 24.5 Å². The summed E-state index contributed by atoms with van der Waals surface area (Å²) in [5.41, 5.74) is 3.00. The topological polar surface area (TPSA) is 125 Å². The van der Waals surface area contributed by atoms with E-state index in [4.69, 9.17) is 9.84 Å². The normalized spacial score (nSPS) is 12.5. The lowest BCUT2D eigenvalue weighted by atomic mass is 9.99. The molecule has 1 aromatic heterocycles. The van der Waals surface area contributed by atoms with Crippen LogP contribution in [0.2, 0.25) is 0 Å². The Labute approximate surface area is 164 Å². The second-order valence-electron chi connectivity index (χ2n) is 6.92. The van der Waals surface area contributed by atoms with Gasteiger partial charge in [0.05, 0.1) is 11.7 Å². The van der Waals surface area contributed by atoms with Crippen molar-refractivity contribution in [2.45, 2.75) is 52.9 Å². The minimum absolute atomic E-state index is 0.0875. The Morgan fingerprint density at radius 1 is 1.21 bits per heavy atom. The molecule has 1 amide bonds. The number of aromatic amines is 1. The zero-order valence-corrected chi connectivity index (χ0v) is 16.7. The maximum atomic E-state index is 11.7. The number of hydrogen-bond acceptors (Lipinski definition) is 5. The average Bonchev–Trinajstić information content (AvgIpc) is 3.02. The summed E-state index contributed by atoms with van der Waals surface area (Å²) in [6.07, 6.45) is -2.06. The highest BCUT2D eigenvalue weighted by atomic mass is 16.5. The van der Waals surface area contributed by atoms with Crippen LogP contribution in [0, 0.1) is 19.8 Å². The highest BCUT2D eigenvalue weighted by Crippen LogP contribution is 2.10. The van der Waals surface area contributed by atoms with E-state index in [0.29, 0.717) is 6.42 Å². The summed E-state index contributed by atoms with van der Waals surface area (Å²) < 4.78 is 5.02. The molecule has 0 radical (unpaired) electrons. The third-order valence-corrected chi connectivity index (χ3v) is 3.71. The van der Waals surface area contributed by atoms with Crippen molar-refractivity contribution in [1.82, 2.24) is 15.5 Å². The van der Waals surface area contributed by atoms with E-state index in [-0.39, 0.29) is 12.5 Å². The van der Waals surface area contributed by atoms with E-state index < -0.39 is 24.2 Å². The number of aliphatic hydroxyl groups is 1. The van der Waals surface area contributed by atoms with Crippen molar-refractivity contribution >= 4 is 12.1 Å². The zero-order chi connectivity index (χ0) is 21.1. The van der Waals surface area contributed by atoms with Crippen LogP contribution in [0.4, 0.5) is 4.79 Å². The summed E-state index contributed by atoms with van der Waals surface area (Å²) in [7, 11) is 0. The molecule has 0 bridgehead atoms. The maximum absolute atomic E-state index is 11.7. The van der Waals surface area contributed by atoms with Crippen molar-refractivity contribution in [3.8, 4) is 0 Å². The van der Waals surface area contributed by atoms with E-state index in [2.05, 4.69) is 15.5 Å². The number of alkyl carbamates (subject to hydrolysis) is 1. The number of nitrogens with zero attached hydrogens (tertiary/aromatic N) is 1. The van der Waals surface area contributed by atoms with Crippen LogP contribution >= 0.6 is 0 Å². The van der Waals surface area contributed by atoms with Crippen molar-refractivity contribution in [2.75, 3.05) is 0 Å². The number of carbonyl (C=O) groups excluding carboxylic acids is 1. The van der Waals surface area contributed by atoms with E-state index in [9.17, 15) is 14.7 Å². The Morgan fingerprint density at radius 2 is 1.86 bits per heavy atom. The second kappa shape index (κ2) is 11.8. The van der Waals surface area contributed by atoms with E-state index >= 15 is 0 Å². The number of rotatable bonds is 7. The molecule has 0 spiro atoms. The van der Waals surface area contributed by atoms with Crippen LogP contribution in [0.5, 0.6) is 0 Å². The summed E-state index contributed by atoms with van der Waals surface area (Å²) in [6.45, 7) is 7.78. The Balaban J connectivity index is 0.000000467. The van der Waals surface area contributed by atoms with Gasteiger partial charge in [0.2, 0.25) is 0 Å². The molecule has 2 aromatic rings. The van der Waals surface area contributed by atoms with Gasteiger partial charge in [-0.3, -0.25) is 5.10 Å². The molecule has 0 aliphatic heterocycles. The molecule has 0 aliphatic carbocycles. The number of amides is 1. The van der Waals surface area contributed by atoms with Crippen LogP contribution in [0.25, 0.3) is 0 Å². The third kappa shape index (κ3) is 9.18. The highest BCUT2D eigenvalue weighted by molar-refractivity contribution is 5.75. The number of carbonyl (C=O) groups is 2. The van der Waals surface area contributed by atoms with Gasteiger partial charge in [-0.15, -0.1) is 0 Å². The summed E-state index contributed by atoms with van der Waals surface area (Å²) in [5, 5.41) is 27.6. The van der Waals surface area contributed by atoms with Crippen molar-refractivity contribution in [2.24, 2.45) is 5.92 Å². The largest absolute Gasteiger partial charge is 0.479 e. The number of aliphatic hydroxyl groups excluding tert-OH is 1. The molecule has 2 atom stereocenters. The van der Waals surface area contributed by atoms with Gasteiger partial charge in [0.15, 0.2) is 6.10 Å². The first-order valence-corrected chi connectivity index (χ1v) is 9.05. The van der Waals surface area contributed by atoms with Gasteiger partial charge in [0.25, 0.3) is 0 Å². The Hall–Kier alpha value is -2.87. The van der Waals surface area contributed by atoms with E-state index in [1.165, 1.54) is 0 Å². The number of nitrogens with one attached hydrogen (secondary N) is 2. The predicted molar refractivity (Wildman–Crippen MR) is 105 cm³/mol. The lowest BCUT2D eigenvalue weighted by molar-refractivity contribution is -0.148. The van der Waals surface area contributed by atoms with Gasteiger partial charge in [-0.05, 0) is 37.8 Å². The monoisotopic (exact) mass is 391 g/mol. The van der Waals surface area contributed by atoms with Crippen LogP contribution in [0.15, 0.2) is 36.4 Å². The highest BCUT2D eigenvalue weighted by Gasteiger charge is 2.28. The molecule has 154 valence electrons. The lowest BCUT2D eigenvalue weighted by Crippen LogP contribution is -2.47. The van der Waals surface area contributed by atoms with E-state index in [0.717, 1.165) is 17.0 Å². The minimum atomic E-state index is -1.66. The van der Waals surface area contributed by atoms with Crippen LogP contribution in [-0.2, 0) is 16.1 Å². The number of carboxylic acid groups (broad SMARTS) is 1. The SMILES string of the molecule is CC(C)C[C@H](NC(=O)OCc1ccccc1)[C@H](O)C(=O)O.Cc1cc(C)[nH]n1. The standard InChI is InChI=1S/C15H21NO5.C5H8N2/c1-10(2)8-12(13(17)14(18)19)16-15(20)21-9-11-6-4-3-5-7-11;1-4-3-5(2)7-6-4/h3-7,10,12-13,17H,8-9H2,1-2H3,(H,16,20)(H,18,19);3H,1-2H3,(H,6,7)/t12-,13-;/m0./s1. The molecule has 1 aromatic carbocycles. The van der Waals surface area contributed by atoms with Gasteiger partial charge in [-0.25, -0.2) is 9.59 Å². The first-order chi connectivity index (χ1) is 13.2. The molecule has 0 fully saturated rings. The van der Waals surface area contributed by atoms with Crippen LogP contribution in [-0.4, -0.2) is 44.6 Å². The number of aryl methyl sites for hydroxylation is 2. The van der Waals surface area contributed by atoms with E-state index in [1.54, 1.807) is 0 Å². The van der Waals surface area contributed by atoms with Gasteiger partial charge in [-0.2, -0.15) is 5.10 Å². The Bertz CT molecular complexity index is 714. The predicted octanol–water partition coefficient (Wildman–Crippen LogP) is 2.80. The molecular weight excluding hydrogens is 362 g/mol. The summed E-state index contributed by atoms with van der Waals surface area (Å²) in [6, 6.07) is 10.2. The Kier molecular flexibility index (Phi) is 9.73. The molecule has 8 nitrogen and oxygen atoms in total. The van der Waals surface area contributed by atoms with Gasteiger partial charge in [-0.1, -0.05) is 44.2 Å². The number of hydrogen-bond donors (Lipinski definition) is 4. The molecule has 8 heteroatoms. The summed E-state index contributed by atoms with van der Waals surface area (Å²) in [5.74, 6) is -1.25. The fourth-order valence-corrected chi connectivity index (χ4v) is 2.42. The zero-order valence-electron chi connectivity index (χ0n) is 16.7. The summed E-state index contributed by atoms with van der Waals surface area (Å²) in [4.78, 5) is 22.5. The number of ether oxygens (including phenoxy) is 1. The molecule has 28 heavy (non-hydrogen) atoms. The number of aliphatic carboxylic acids is 1. The van der Waals surface area contributed by atoms with E-state index in [1.807, 2.05) is 64.1 Å². The number of benzene rings is 1. The molecule has 1 heterocycles.